The Labute approximate surface area is 129 Å². The van der Waals surface area contributed by atoms with Gasteiger partial charge in [0.25, 0.3) is 0 Å². The molecule has 3 rings (SSSR count). The summed E-state index contributed by atoms with van der Waals surface area (Å²) in [6, 6.07) is 5.50. The minimum atomic E-state index is -0.443. The zero-order valence-electron chi connectivity index (χ0n) is 11.8. The number of hydrogen-bond donors (Lipinski definition) is 1. The number of ether oxygens (including phenoxy) is 1. The van der Waals surface area contributed by atoms with Crippen molar-refractivity contribution in [2.75, 3.05) is 19.0 Å². The number of hydrogen-bond acceptors (Lipinski definition) is 6. The molecular weight excluding hydrogens is 306 g/mol. The number of thiazole rings is 1. The summed E-state index contributed by atoms with van der Waals surface area (Å²) in [4.78, 5) is 40.2. The van der Waals surface area contributed by atoms with Crippen molar-refractivity contribution in [1.29, 1.82) is 0 Å². The Morgan fingerprint density at radius 3 is 2.77 bits per heavy atom. The second-order valence-corrected chi connectivity index (χ2v) is 5.78. The van der Waals surface area contributed by atoms with Gasteiger partial charge in [-0.05, 0) is 12.1 Å². The maximum Gasteiger partial charge on any atom is 0.246 e. The van der Waals surface area contributed by atoms with E-state index in [0.717, 1.165) is 9.60 Å². The summed E-state index contributed by atoms with van der Waals surface area (Å²) >= 11 is 1.30. The van der Waals surface area contributed by atoms with Crippen LogP contribution in [0.2, 0.25) is 0 Å². The van der Waals surface area contributed by atoms with E-state index >= 15 is 0 Å². The van der Waals surface area contributed by atoms with E-state index in [4.69, 9.17) is 4.74 Å². The number of carbonyl (C=O) groups is 3. The number of nitrogens with one attached hydrogen (secondary N) is 1. The van der Waals surface area contributed by atoms with Gasteiger partial charge in [-0.3, -0.25) is 19.3 Å². The van der Waals surface area contributed by atoms with Crippen molar-refractivity contribution in [2.24, 2.45) is 0 Å². The van der Waals surface area contributed by atoms with Crippen molar-refractivity contribution in [1.82, 2.24) is 9.88 Å². The standard InChI is InChI=1S/C14H13N3O4S/c1-21-8-3-2-4-9-13(8)16-14(22-9)15-10(18)7-17-11(19)5-6-12(17)20/h2-4H,5-7H2,1H3,(H,15,16,18). The van der Waals surface area contributed by atoms with Gasteiger partial charge in [0, 0.05) is 12.8 Å². The Balaban J connectivity index is 1.74. The number of nitrogens with zero attached hydrogens (tertiary/aromatic N) is 2. The fourth-order valence-electron chi connectivity index (χ4n) is 2.24. The molecule has 22 heavy (non-hydrogen) atoms. The second kappa shape index (κ2) is 5.72. The van der Waals surface area contributed by atoms with Crippen molar-refractivity contribution < 1.29 is 19.1 Å². The number of benzene rings is 1. The lowest BCUT2D eigenvalue weighted by Gasteiger charge is -2.12. The molecule has 0 radical (unpaired) electrons. The number of carbonyl (C=O) groups excluding carboxylic acids is 3. The largest absolute Gasteiger partial charge is 0.494 e. The van der Waals surface area contributed by atoms with E-state index in [2.05, 4.69) is 10.3 Å². The fraction of sp³-hybridized carbons (Fsp3) is 0.286. The molecule has 8 heteroatoms. The predicted molar refractivity (Wildman–Crippen MR) is 80.8 cm³/mol. The average molecular weight is 319 g/mol. The molecule has 7 nitrogen and oxygen atoms in total. The number of para-hydroxylation sites is 1. The number of imide groups is 1. The molecule has 0 atom stereocenters. The number of fused-ring (bicyclic) bond motifs is 1. The third kappa shape index (κ3) is 2.64. The first-order valence-electron chi connectivity index (χ1n) is 6.65. The van der Waals surface area contributed by atoms with E-state index in [-0.39, 0.29) is 31.2 Å². The van der Waals surface area contributed by atoms with Gasteiger partial charge in [0.2, 0.25) is 17.7 Å². The first-order valence-corrected chi connectivity index (χ1v) is 7.46. The predicted octanol–water partition coefficient (Wildman–Crippen LogP) is 1.39. The molecule has 1 N–H and O–H groups in total. The summed E-state index contributed by atoms with van der Waals surface area (Å²) in [6.07, 6.45) is 0.342. The van der Waals surface area contributed by atoms with Gasteiger partial charge >= 0.3 is 0 Å². The number of likely N-dealkylation sites (tertiary alicyclic amines) is 1. The summed E-state index contributed by atoms with van der Waals surface area (Å²) in [6.45, 7) is -0.273. The van der Waals surface area contributed by atoms with E-state index in [1.807, 2.05) is 12.1 Å². The third-order valence-electron chi connectivity index (χ3n) is 3.30. The van der Waals surface area contributed by atoms with Crippen LogP contribution in [-0.4, -0.2) is 41.3 Å². The van der Waals surface area contributed by atoms with Crippen LogP contribution in [-0.2, 0) is 14.4 Å². The minimum Gasteiger partial charge on any atom is -0.494 e. The topological polar surface area (TPSA) is 88.6 Å². The summed E-state index contributed by atoms with van der Waals surface area (Å²) in [5.41, 5.74) is 0.665. The van der Waals surface area contributed by atoms with Crippen LogP contribution in [0.1, 0.15) is 12.8 Å². The summed E-state index contributed by atoms with van der Waals surface area (Å²) in [5, 5.41) is 3.02. The summed E-state index contributed by atoms with van der Waals surface area (Å²) < 4.78 is 6.09. The third-order valence-corrected chi connectivity index (χ3v) is 4.24. The van der Waals surface area contributed by atoms with Crippen molar-refractivity contribution in [3.63, 3.8) is 0 Å². The van der Waals surface area contributed by atoms with Crippen LogP contribution in [0.3, 0.4) is 0 Å². The maximum atomic E-state index is 12.0. The van der Waals surface area contributed by atoms with Gasteiger partial charge < -0.3 is 10.1 Å². The molecule has 1 aliphatic heterocycles. The molecule has 0 unspecified atom stereocenters. The highest BCUT2D eigenvalue weighted by Gasteiger charge is 2.30. The fourth-order valence-corrected chi connectivity index (χ4v) is 3.14. The molecule has 1 fully saturated rings. The van der Waals surface area contributed by atoms with Gasteiger partial charge in [0.1, 0.15) is 17.8 Å². The Morgan fingerprint density at radius 2 is 2.09 bits per heavy atom. The lowest BCUT2D eigenvalue weighted by Crippen LogP contribution is -2.36. The first-order chi connectivity index (χ1) is 10.6. The molecule has 1 aliphatic rings. The Bertz CT molecular complexity index is 755. The second-order valence-electron chi connectivity index (χ2n) is 4.75. The minimum absolute atomic E-state index is 0.171. The van der Waals surface area contributed by atoms with Crippen molar-refractivity contribution in [2.45, 2.75) is 12.8 Å². The highest BCUT2D eigenvalue weighted by Crippen LogP contribution is 2.32. The molecule has 0 spiro atoms. The summed E-state index contributed by atoms with van der Waals surface area (Å²) in [5.74, 6) is -0.446. The van der Waals surface area contributed by atoms with E-state index in [1.165, 1.54) is 11.3 Å². The average Bonchev–Trinajstić information content (AvgIpc) is 3.04. The number of methoxy groups -OCH3 is 1. The highest BCUT2D eigenvalue weighted by atomic mass is 32.1. The van der Waals surface area contributed by atoms with Crippen LogP contribution in [0, 0.1) is 0 Å². The molecule has 2 heterocycles. The SMILES string of the molecule is COc1cccc2sc(NC(=O)CN3C(=O)CCC3=O)nc12. The molecular formula is C14H13N3O4S. The molecule has 1 aromatic heterocycles. The normalized spacial score (nSPS) is 14.7. The van der Waals surface area contributed by atoms with E-state index in [1.54, 1.807) is 13.2 Å². The molecule has 0 bridgehead atoms. The lowest BCUT2D eigenvalue weighted by molar-refractivity contribution is -0.141. The van der Waals surface area contributed by atoms with E-state index in [0.29, 0.717) is 16.4 Å². The van der Waals surface area contributed by atoms with Crippen molar-refractivity contribution in [3.05, 3.63) is 18.2 Å². The lowest BCUT2D eigenvalue weighted by atomic mass is 10.3. The van der Waals surface area contributed by atoms with Crippen LogP contribution in [0.25, 0.3) is 10.2 Å². The molecule has 114 valence electrons. The Kier molecular flexibility index (Phi) is 3.76. The van der Waals surface area contributed by atoms with Crippen LogP contribution < -0.4 is 10.1 Å². The molecule has 1 saturated heterocycles. The van der Waals surface area contributed by atoms with Crippen LogP contribution in [0.15, 0.2) is 18.2 Å². The molecule has 2 aromatic rings. The number of amides is 3. The van der Waals surface area contributed by atoms with Crippen molar-refractivity contribution >= 4 is 44.4 Å². The quantitative estimate of drug-likeness (QED) is 0.860. The van der Waals surface area contributed by atoms with E-state index in [9.17, 15) is 14.4 Å². The summed E-state index contributed by atoms with van der Waals surface area (Å²) in [7, 11) is 1.55. The van der Waals surface area contributed by atoms with Crippen molar-refractivity contribution in [3.8, 4) is 5.75 Å². The van der Waals surface area contributed by atoms with Crippen LogP contribution in [0.5, 0.6) is 5.75 Å². The van der Waals surface area contributed by atoms with E-state index < -0.39 is 5.91 Å². The van der Waals surface area contributed by atoms with Crippen LogP contribution in [0.4, 0.5) is 5.13 Å². The number of aromatic nitrogens is 1. The zero-order chi connectivity index (χ0) is 15.7. The molecule has 3 amide bonds. The Morgan fingerprint density at radius 1 is 1.36 bits per heavy atom. The highest BCUT2D eigenvalue weighted by molar-refractivity contribution is 7.22. The van der Waals surface area contributed by atoms with Gasteiger partial charge in [-0.2, -0.15) is 0 Å². The van der Waals surface area contributed by atoms with Crippen LogP contribution >= 0.6 is 11.3 Å². The smallest absolute Gasteiger partial charge is 0.246 e. The number of anilines is 1. The monoisotopic (exact) mass is 319 g/mol. The van der Waals surface area contributed by atoms with Gasteiger partial charge in [0.15, 0.2) is 5.13 Å². The zero-order valence-corrected chi connectivity index (χ0v) is 12.6. The first kappa shape index (κ1) is 14.5. The molecule has 0 aliphatic carbocycles. The molecule has 1 aromatic carbocycles. The van der Waals surface area contributed by atoms with Gasteiger partial charge in [0.05, 0.1) is 11.8 Å². The van der Waals surface area contributed by atoms with Gasteiger partial charge in [-0.1, -0.05) is 17.4 Å². The van der Waals surface area contributed by atoms with Gasteiger partial charge in [-0.25, -0.2) is 4.98 Å². The maximum absolute atomic E-state index is 12.0. The molecule has 0 saturated carbocycles. The number of rotatable bonds is 4. The van der Waals surface area contributed by atoms with Gasteiger partial charge in [-0.15, -0.1) is 0 Å². The Hall–Kier alpha value is -2.48.